The number of hydrogen-bond acceptors (Lipinski definition) is 9. The Kier molecular flexibility index (Phi) is 7.43. The zero-order valence-electron chi connectivity index (χ0n) is 9.36. The Balaban J connectivity index is 4.62. The molecular weight excluding hydrogens is 252 g/mol. The topological polar surface area (TPSA) is 179 Å². The number of carbonyl (C=O) groups excluding carboxylic acids is 1. The van der Waals surface area contributed by atoms with Crippen molar-refractivity contribution >= 4 is 5.78 Å². The molecule has 0 rings (SSSR count). The lowest BCUT2D eigenvalue weighted by molar-refractivity contribution is -0.165. The summed E-state index contributed by atoms with van der Waals surface area (Å²) in [5.41, 5.74) is 0. The fraction of sp³-hybridized carbons (Fsp3) is 0.889. The molecule has 0 amide bonds. The summed E-state index contributed by atoms with van der Waals surface area (Å²) < 4.78 is 0. The van der Waals surface area contributed by atoms with Crippen molar-refractivity contribution in [2.45, 2.75) is 36.6 Å². The third-order valence-corrected chi connectivity index (χ3v) is 2.44. The first-order chi connectivity index (χ1) is 8.27. The summed E-state index contributed by atoms with van der Waals surface area (Å²) in [4.78, 5) is 10.8. The molecule has 0 bridgehead atoms. The number of aliphatic hydroxyl groups is 8. The minimum Gasteiger partial charge on any atom is -0.394 e. The summed E-state index contributed by atoms with van der Waals surface area (Å²) in [6.07, 6.45) is -12.4. The highest BCUT2D eigenvalue weighted by Gasteiger charge is 2.38. The van der Waals surface area contributed by atoms with Gasteiger partial charge in [-0.25, -0.2) is 0 Å². The van der Waals surface area contributed by atoms with Crippen LogP contribution in [0.25, 0.3) is 0 Å². The second-order valence-electron chi connectivity index (χ2n) is 3.78. The molecule has 8 N–H and O–H groups in total. The normalized spacial score (nSPS) is 21.8. The quantitative estimate of drug-likeness (QED) is 0.214. The summed E-state index contributed by atoms with van der Waals surface area (Å²) in [5.74, 6) is -1.19. The van der Waals surface area contributed by atoms with Gasteiger partial charge in [0.05, 0.1) is 6.61 Å². The smallest absolute Gasteiger partial charge is 0.189 e. The first-order valence-corrected chi connectivity index (χ1v) is 5.10. The molecule has 9 nitrogen and oxygen atoms in total. The predicted molar refractivity (Wildman–Crippen MR) is 55.2 cm³/mol. The molecule has 0 unspecified atom stereocenters. The van der Waals surface area contributed by atoms with Crippen LogP contribution in [-0.2, 0) is 4.79 Å². The molecule has 0 spiro atoms. The van der Waals surface area contributed by atoms with E-state index < -0.39 is 55.6 Å². The zero-order valence-corrected chi connectivity index (χ0v) is 9.36. The maximum atomic E-state index is 10.8. The molecule has 0 aromatic heterocycles. The second kappa shape index (κ2) is 7.71. The van der Waals surface area contributed by atoms with Crippen LogP contribution in [0, 0.1) is 0 Å². The van der Waals surface area contributed by atoms with Crippen molar-refractivity contribution in [3.63, 3.8) is 0 Å². The number of Topliss-reactive ketones (excluding diaryl/α,β-unsaturated/α-hetero) is 1. The van der Waals surface area contributed by atoms with Gasteiger partial charge in [0.25, 0.3) is 0 Å². The van der Waals surface area contributed by atoms with Crippen molar-refractivity contribution in [1.82, 2.24) is 0 Å². The Morgan fingerprint density at radius 3 is 1.61 bits per heavy atom. The summed E-state index contributed by atoms with van der Waals surface area (Å²) in [5, 5.41) is 72.4. The number of ketones is 1. The lowest BCUT2D eigenvalue weighted by atomic mass is 9.95. The summed E-state index contributed by atoms with van der Waals surface area (Å²) in [6.45, 7) is -1.98. The van der Waals surface area contributed by atoms with Gasteiger partial charge in [0.1, 0.15) is 43.2 Å². The summed E-state index contributed by atoms with van der Waals surface area (Å²) >= 11 is 0. The van der Waals surface area contributed by atoms with E-state index in [0.29, 0.717) is 0 Å². The average Bonchev–Trinajstić information content (AvgIpc) is 2.40. The second-order valence-corrected chi connectivity index (χ2v) is 3.78. The van der Waals surface area contributed by atoms with E-state index in [2.05, 4.69) is 0 Å². The molecule has 0 aliphatic heterocycles. The van der Waals surface area contributed by atoms with E-state index in [9.17, 15) is 25.2 Å². The summed E-state index contributed by atoms with van der Waals surface area (Å²) in [6, 6.07) is 0. The van der Waals surface area contributed by atoms with Gasteiger partial charge in [-0.15, -0.1) is 0 Å². The zero-order chi connectivity index (χ0) is 14.5. The molecular formula is C9H18O9. The molecule has 108 valence electrons. The van der Waals surface area contributed by atoms with Crippen LogP contribution in [-0.4, -0.2) is 96.5 Å². The van der Waals surface area contributed by atoms with E-state index in [1.165, 1.54) is 0 Å². The van der Waals surface area contributed by atoms with Crippen molar-refractivity contribution < 1.29 is 45.6 Å². The highest BCUT2D eigenvalue weighted by Crippen LogP contribution is 2.11. The fourth-order valence-electron chi connectivity index (χ4n) is 1.21. The van der Waals surface area contributed by atoms with Gasteiger partial charge in [0.2, 0.25) is 0 Å². The van der Waals surface area contributed by atoms with Crippen LogP contribution < -0.4 is 0 Å². The van der Waals surface area contributed by atoms with Crippen molar-refractivity contribution in [1.29, 1.82) is 0 Å². The van der Waals surface area contributed by atoms with Crippen molar-refractivity contribution in [2.75, 3.05) is 13.2 Å². The van der Waals surface area contributed by atoms with Gasteiger partial charge in [0.15, 0.2) is 5.78 Å². The van der Waals surface area contributed by atoms with Crippen LogP contribution in [0.1, 0.15) is 0 Å². The first kappa shape index (κ1) is 17.4. The monoisotopic (exact) mass is 270 g/mol. The number of hydrogen-bond donors (Lipinski definition) is 8. The van der Waals surface area contributed by atoms with Gasteiger partial charge < -0.3 is 40.9 Å². The minimum absolute atomic E-state index is 0.904. The highest BCUT2D eigenvalue weighted by molar-refractivity contribution is 5.84. The van der Waals surface area contributed by atoms with Crippen molar-refractivity contribution in [3.8, 4) is 0 Å². The molecule has 0 radical (unpaired) electrons. The van der Waals surface area contributed by atoms with Crippen LogP contribution >= 0.6 is 0 Å². The van der Waals surface area contributed by atoms with Gasteiger partial charge in [0, 0.05) is 0 Å². The van der Waals surface area contributed by atoms with E-state index in [0.717, 1.165) is 0 Å². The van der Waals surface area contributed by atoms with Gasteiger partial charge in [-0.05, 0) is 0 Å². The fourth-order valence-corrected chi connectivity index (χ4v) is 1.21. The molecule has 0 aromatic carbocycles. The van der Waals surface area contributed by atoms with Gasteiger partial charge in [-0.1, -0.05) is 0 Å². The Bertz CT molecular complexity index is 258. The Morgan fingerprint density at radius 1 is 0.778 bits per heavy atom. The standard InChI is InChI=1S/C9H18O9/c10-1-3(12)5(14)7(16)9(18)8(17)6(15)4(13)2-11/h3,5-12,14-18H,1-2H2/t3-,5-,6-,7+,8-,9-/m1/s1. The molecule has 0 aliphatic carbocycles. The van der Waals surface area contributed by atoms with E-state index in [4.69, 9.17) is 20.4 Å². The number of carbonyl (C=O) groups is 1. The molecule has 0 saturated heterocycles. The largest absolute Gasteiger partial charge is 0.394 e. The van der Waals surface area contributed by atoms with E-state index >= 15 is 0 Å². The first-order valence-electron chi connectivity index (χ1n) is 5.10. The molecule has 9 heteroatoms. The van der Waals surface area contributed by atoms with E-state index in [1.54, 1.807) is 0 Å². The number of aliphatic hydroxyl groups excluding tert-OH is 8. The summed E-state index contributed by atoms with van der Waals surface area (Å²) in [7, 11) is 0. The SMILES string of the molecule is O=C(CO)[C@@H](O)[C@@H](O)[C@H](O)[C@@H](O)[C@H](O)[C@H](O)CO. The van der Waals surface area contributed by atoms with E-state index in [-0.39, 0.29) is 0 Å². The molecule has 0 heterocycles. The minimum atomic E-state index is -2.17. The molecule has 18 heavy (non-hydrogen) atoms. The maximum absolute atomic E-state index is 10.8. The Hall–Kier alpha value is -0.650. The van der Waals surface area contributed by atoms with Gasteiger partial charge in [-0.3, -0.25) is 4.79 Å². The molecule has 6 atom stereocenters. The highest BCUT2D eigenvalue weighted by atomic mass is 16.4. The molecule has 0 fully saturated rings. The molecule has 0 aromatic rings. The van der Waals surface area contributed by atoms with Crippen molar-refractivity contribution in [3.05, 3.63) is 0 Å². The Labute approximate surface area is 102 Å². The third kappa shape index (κ3) is 4.23. The van der Waals surface area contributed by atoms with Crippen LogP contribution in [0.2, 0.25) is 0 Å². The van der Waals surface area contributed by atoms with Crippen LogP contribution in [0.15, 0.2) is 0 Å². The van der Waals surface area contributed by atoms with Crippen molar-refractivity contribution in [2.24, 2.45) is 0 Å². The lowest BCUT2D eigenvalue weighted by Gasteiger charge is -2.29. The lowest BCUT2D eigenvalue weighted by Crippen LogP contribution is -2.54. The van der Waals surface area contributed by atoms with Crippen LogP contribution in [0.4, 0.5) is 0 Å². The molecule has 0 saturated carbocycles. The van der Waals surface area contributed by atoms with Crippen LogP contribution in [0.5, 0.6) is 0 Å². The third-order valence-electron chi connectivity index (χ3n) is 2.44. The predicted octanol–water partition coefficient (Wildman–Crippen LogP) is -5.29. The van der Waals surface area contributed by atoms with E-state index in [1.807, 2.05) is 0 Å². The average molecular weight is 270 g/mol. The molecule has 0 aliphatic rings. The van der Waals surface area contributed by atoms with Crippen LogP contribution in [0.3, 0.4) is 0 Å². The number of rotatable bonds is 8. The maximum Gasteiger partial charge on any atom is 0.189 e. The Morgan fingerprint density at radius 2 is 1.22 bits per heavy atom. The van der Waals surface area contributed by atoms with Gasteiger partial charge >= 0.3 is 0 Å². The van der Waals surface area contributed by atoms with Gasteiger partial charge in [-0.2, -0.15) is 0 Å².